The molecule has 10 heteroatoms. The van der Waals surface area contributed by atoms with Gasteiger partial charge in [-0.05, 0) is 75.3 Å². The number of aryl methyl sites for hydroxylation is 1. The second kappa shape index (κ2) is 12.5. The summed E-state index contributed by atoms with van der Waals surface area (Å²) in [6, 6.07) is 9.29. The Morgan fingerprint density at radius 3 is 2.49 bits per heavy atom. The molecule has 0 bridgehead atoms. The highest BCUT2D eigenvalue weighted by Gasteiger charge is 2.52. The maximum Gasteiger partial charge on any atom is 0.410 e. The highest BCUT2D eigenvalue weighted by molar-refractivity contribution is 6.31. The van der Waals surface area contributed by atoms with Gasteiger partial charge >= 0.3 is 6.09 Å². The van der Waals surface area contributed by atoms with Crippen LogP contribution in [0.15, 0.2) is 41.3 Å². The maximum absolute atomic E-state index is 14.6. The first-order valence-corrected chi connectivity index (χ1v) is 14.5. The maximum atomic E-state index is 14.6. The van der Waals surface area contributed by atoms with Crippen molar-refractivity contribution in [3.05, 3.63) is 68.6 Å². The Balaban J connectivity index is 1.72. The predicted molar refractivity (Wildman–Crippen MR) is 157 cm³/mol. The summed E-state index contributed by atoms with van der Waals surface area (Å²) in [6.45, 7) is 6.78. The van der Waals surface area contributed by atoms with E-state index < -0.39 is 23.2 Å². The minimum atomic E-state index is -1.10. The highest BCUT2D eigenvalue weighted by Crippen LogP contribution is 2.43. The average molecular weight is 588 g/mol. The summed E-state index contributed by atoms with van der Waals surface area (Å²) in [4.78, 5) is 43.9. The van der Waals surface area contributed by atoms with Crippen molar-refractivity contribution in [2.24, 2.45) is 13.0 Å². The summed E-state index contributed by atoms with van der Waals surface area (Å²) in [5, 5.41) is 0.591. The van der Waals surface area contributed by atoms with Crippen LogP contribution in [0.2, 0.25) is 5.02 Å². The number of hydrogen-bond donors (Lipinski definition) is 0. The number of halogens is 1. The van der Waals surface area contributed by atoms with Gasteiger partial charge in [-0.3, -0.25) is 9.59 Å². The number of carbonyl (C=O) groups is 2. The third-order valence-corrected chi connectivity index (χ3v) is 8.31. The standard InChI is InChI=1S/C31H42ClN3O6/c1-30(2,3)41-29(38)34-15-13-31(40-6,23-11-14-33(4)27(36)18-23)25(20-34)28(37)35(24-8-9-24)19-22-17-21(12-16-39-5)7-10-26(22)32/h7,10-11,14,17-18,24-25H,8-9,12-13,15-16,19-20H2,1-6H3. The number of rotatable bonds is 9. The van der Waals surface area contributed by atoms with Gasteiger partial charge in [0.25, 0.3) is 5.56 Å². The van der Waals surface area contributed by atoms with Gasteiger partial charge in [-0.15, -0.1) is 0 Å². The molecular formula is C31H42ClN3O6. The van der Waals surface area contributed by atoms with Crippen molar-refractivity contribution in [2.75, 3.05) is 33.9 Å². The molecule has 4 rings (SSSR count). The molecular weight excluding hydrogens is 546 g/mol. The molecule has 1 aromatic carbocycles. The van der Waals surface area contributed by atoms with Gasteiger partial charge < -0.3 is 28.6 Å². The van der Waals surface area contributed by atoms with Crippen molar-refractivity contribution in [1.82, 2.24) is 14.4 Å². The van der Waals surface area contributed by atoms with Gasteiger partial charge in [0.15, 0.2) is 0 Å². The Kier molecular flexibility index (Phi) is 9.51. The summed E-state index contributed by atoms with van der Waals surface area (Å²) < 4.78 is 18.6. The zero-order chi connectivity index (χ0) is 29.9. The van der Waals surface area contributed by atoms with Crippen molar-refractivity contribution in [3.8, 4) is 0 Å². The summed E-state index contributed by atoms with van der Waals surface area (Å²) in [6.07, 6.45) is 4.06. The van der Waals surface area contributed by atoms with Crippen LogP contribution < -0.4 is 5.56 Å². The van der Waals surface area contributed by atoms with Gasteiger partial charge in [-0.2, -0.15) is 0 Å². The molecule has 2 aromatic rings. The number of methoxy groups -OCH3 is 2. The van der Waals surface area contributed by atoms with Crippen molar-refractivity contribution >= 4 is 23.6 Å². The van der Waals surface area contributed by atoms with E-state index in [0.717, 1.165) is 30.4 Å². The molecule has 1 saturated heterocycles. The minimum absolute atomic E-state index is 0.0660. The van der Waals surface area contributed by atoms with Crippen molar-refractivity contribution < 1.29 is 23.8 Å². The zero-order valence-corrected chi connectivity index (χ0v) is 25.7. The molecule has 1 aliphatic carbocycles. The largest absolute Gasteiger partial charge is 0.444 e. The highest BCUT2D eigenvalue weighted by atomic mass is 35.5. The molecule has 1 saturated carbocycles. The molecule has 41 heavy (non-hydrogen) atoms. The van der Waals surface area contributed by atoms with Crippen LogP contribution >= 0.6 is 11.6 Å². The lowest BCUT2D eigenvalue weighted by Crippen LogP contribution is -2.59. The van der Waals surface area contributed by atoms with E-state index in [4.69, 9.17) is 25.8 Å². The second-order valence-electron chi connectivity index (χ2n) is 12.1. The lowest BCUT2D eigenvalue weighted by Gasteiger charge is -2.47. The van der Waals surface area contributed by atoms with Gasteiger partial charge in [0.05, 0.1) is 12.5 Å². The molecule has 0 radical (unpaired) electrons. The number of aromatic nitrogens is 1. The first-order chi connectivity index (χ1) is 19.4. The van der Waals surface area contributed by atoms with Gasteiger partial charge in [-0.1, -0.05) is 23.7 Å². The van der Waals surface area contributed by atoms with Crippen LogP contribution in [0.25, 0.3) is 0 Å². The number of ether oxygens (including phenoxy) is 3. The van der Waals surface area contributed by atoms with E-state index in [1.165, 1.54) is 10.6 Å². The van der Waals surface area contributed by atoms with Crippen LogP contribution in [0, 0.1) is 5.92 Å². The Morgan fingerprint density at radius 2 is 1.88 bits per heavy atom. The van der Waals surface area contributed by atoms with Crippen LogP contribution in [-0.2, 0) is 44.6 Å². The molecule has 9 nitrogen and oxygen atoms in total. The molecule has 224 valence electrons. The van der Waals surface area contributed by atoms with Crippen LogP contribution in [-0.4, -0.2) is 71.9 Å². The topological polar surface area (TPSA) is 90.3 Å². The van der Waals surface area contributed by atoms with E-state index in [1.807, 2.05) is 49.9 Å². The fourth-order valence-corrected chi connectivity index (χ4v) is 5.68. The minimum Gasteiger partial charge on any atom is -0.444 e. The Labute approximate surface area is 247 Å². The number of piperidine rings is 1. The van der Waals surface area contributed by atoms with E-state index in [-0.39, 0.29) is 24.1 Å². The average Bonchev–Trinajstić information content (AvgIpc) is 3.77. The number of benzene rings is 1. The molecule has 2 aliphatic rings. The number of carbonyl (C=O) groups excluding carboxylic acids is 2. The normalized spacial score (nSPS) is 21.0. The molecule has 0 spiro atoms. The smallest absolute Gasteiger partial charge is 0.410 e. The van der Waals surface area contributed by atoms with Crippen LogP contribution in [0.1, 0.15) is 56.7 Å². The van der Waals surface area contributed by atoms with Crippen LogP contribution in [0.3, 0.4) is 0 Å². The molecule has 2 fully saturated rings. The first-order valence-electron chi connectivity index (χ1n) is 14.2. The summed E-state index contributed by atoms with van der Waals surface area (Å²) in [5.74, 6) is -0.904. The van der Waals surface area contributed by atoms with Crippen molar-refractivity contribution in [3.63, 3.8) is 0 Å². The Morgan fingerprint density at radius 1 is 1.15 bits per heavy atom. The summed E-state index contributed by atoms with van der Waals surface area (Å²) in [7, 11) is 4.91. The molecule has 2 heterocycles. The van der Waals surface area contributed by atoms with E-state index in [9.17, 15) is 14.4 Å². The van der Waals surface area contributed by atoms with E-state index in [1.54, 1.807) is 32.4 Å². The molecule has 1 aromatic heterocycles. The lowest BCUT2D eigenvalue weighted by molar-refractivity contribution is -0.160. The summed E-state index contributed by atoms with van der Waals surface area (Å²) >= 11 is 6.63. The number of likely N-dealkylation sites (tertiary alicyclic amines) is 1. The SMILES string of the molecule is COCCc1ccc(Cl)c(CN(C(=O)C2CN(C(=O)OC(C)(C)C)CCC2(OC)c2ccn(C)c(=O)c2)C2CC2)c1. The van der Waals surface area contributed by atoms with Crippen LogP contribution in [0.5, 0.6) is 0 Å². The number of pyridine rings is 1. The fourth-order valence-electron chi connectivity index (χ4n) is 5.51. The first kappa shape index (κ1) is 31.1. The zero-order valence-electron chi connectivity index (χ0n) is 24.9. The van der Waals surface area contributed by atoms with Gasteiger partial charge in [0.1, 0.15) is 11.2 Å². The Hall–Kier alpha value is -2.88. The van der Waals surface area contributed by atoms with E-state index >= 15 is 0 Å². The number of amides is 2. The lowest BCUT2D eigenvalue weighted by atomic mass is 9.75. The molecule has 0 N–H and O–H groups in total. The number of hydrogen-bond acceptors (Lipinski definition) is 6. The molecule has 1 aliphatic heterocycles. The van der Waals surface area contributed by atoms with Gasteiger partial charge in [0.2, 0.25) is 5.91 Å². The van der Waals surface area contributed by atoms with E-state index in [0.29, 0.717) is 36.7 Å². The quantitative estimate of drug-likeness (QED) is 0.429. The van der Waals surface area contributed by atoms with E-state index in [2.05, 4.69) is 0 Å². The molecule has 2 atom stereocenters. The number of nitrogens with zero attached hydrogens (tertiary/aromatic N) is 3. The summed E-state index contributed by atoms with van der Waals surface area (Å²) in [5.41, 5.74) is 0.591. The van der Waals surface area contributed by atoms with Crippen LogP contribution in [0.4, 0.5) is 4.79 Å². The second-order valence-corrected chi connectivity index (χ2v) is 12.5. The molecule has 2 unspecified atom stereocenters. The predicted octanol–water partition coefficient (Wildman–Crippen LogP) is 4.52. The third-order valence-electron chi connectivity index (χ3n) is 7.94. The Bertz CT molecular complexity index is 1320. The van der Waals surface area contributed by atoms with Gasteiger partial charge in [-0.25, -0.2) is 4.79 Å². The monoisotopic (exact) mass is 587 g/mol. The van der Waals surface area contributed by atoms with Crippen molar-refractivity contribution in [1.29, 1.82) is 0 Å². The molecule has 2 amide bonds. The fraction of sp³-hybridized carbons (Fsp3) is 0.581. The van der Waals surface area contributed by atoms with Gasteiger partial charge in [0, 0.05) is 64.2 Å². The third kappa shape index (κ3) is 7.13. The van der Waals surface area contributed by atoms with Crippen molar-refractivity contribution in [2.45, 2.75) is 70.2 Å².